The molecular formula is C21H52N2O6SSi3. The van der Waals surface area contributed by atoms with Gasteiger partial charge in [0.15, 0.2) is 0 Å². The van der Waals surface area contributed by atoms with Crippen molar-refractivity contribution in [2.24, 2.45) is 0 Å². The zero-order valence-corrected chi connectivity index (χ0v) is 26.7. The fourth-order valence-electron chi connectivity index (χ4n) is 3.36. The SMILES string of the molecule is CO[Si](C)(CCCNC(NCCC[Si](C)(OC)OC)C(C)SCCC[Si](C)(OC)OC)OC. The topological polar surface area (TPSA) is 79.4 Å². The van der Waals surface area contributed by atoms with Gasteiger partial charge in [0.1, 0.15) is 0 Å². The average Bonchev–Trinajstić information content (AvgIpc) is 2.84. The Morgan fingerprint density at radius 3 is 1.27 bits per heavy atom. The van der Waals surface area contributed by atoms with Gasteiger partial charge in [0.05, 0.1) is 6.17 Å². The molecule has 33 heavy (non-hydrogen) atoms. The predicted molar refractivity (Wildman–Crippen MR) is 147 cm³/mol. The number of rotatable bonds is 22. The van der Waals surface area contributed by atoms with E-state index in [0.29, 0.717) is 5.25 Å². The van der Waals surface area contributed by atoms with Gasteiger partial charge in [-0.3, -0.25) is 0 Å². The molecule has 8 nitrogen and oxygen atoms in total. The third-order valence-electron chi connectivity index (χ3n) is 6.56. The van der Waals surface area contributed by atoms with Crippen LogP contribution in [0.1, 0.15) is 26.2 Å². The molecule has 0 bridgehead atoms. The molecule has 0 heterocycles. The summed E-state index contributed by atoms with van der Waals surface area (Å²) in [4.78, 5) is 0. The molecule has 1 unspecified atom stereocenters. The van der Waals surface area contributed by atoms with Crippen molar-refractivity contribution in [2.45, 2.75) is 75.4 Å². The van der Waals surface area contributed by atoms with Crippen molar-refractivity contribution in [3.05, 3.63) is 0 Å². The Kier molecular flexibility index (Phi) is 18.4. The Hall–Kier alpha value is 0.681. The molecular weight excluding hydrogens is 493 g/mol. The fourth-order valence-corrected chi connectivity index (χ4v) is 8.87. The first-order chi connectivity index (χ1) is 15.6. The van der Waals surface area contributed by atoms with Crippen LogP contribution in [0.3, 0.4) is 0 Å². The van der Waals surface area contributed by atoms with Crippen molar-refractivity contribution in [2.75, 3.05) is 61.5 Å². The molecule has 0 aliphatic carbocycles. The van der Waals surface area contributed by atoms with Crippen LogP contribution in [0.25, 0.3) is 0 Å². The molecule has 0 aromatic carbocycles. The maximum atomic E-state index is 5.62. The van der Waals surface area contributed by atoms with Crippen LogP contribution in [0, 0.1) is 0 Å². The van der Waals surface area contributed by atoms with Gasteiger partial charge in [0, 0.05) is 47.9 Å². The highest BCUT2D eigenvalue weighted by Crippen LogP contribution is 2.21. The van der Waals surface area contributed by atoms with Crippen LogP contribution < -0.4 is 10.6 Å². The summed E-state index contributed by atoms with van der Waals surface area (Å²) in [6.07, 6.45) is 3.40. The summed E-state index contributed by atoms with van der Waals surface area (Å²) in [7, 11) is 4.52. The van der Waals surface area contributed by atoms with E-state index >= 15 is 0 Å². The molecule has 0 amide bonds. The zero-order valence-electron chi connectivity index (χ0n) is 22.9. The quantitative estimate of drug-likeness (QED) is 0.120. The minimum absolute atomic E-state index is 0.236. The highest BCUT2D eigenvalue weighted by Gasteiger charge is 2.30. The second kappa shape index (κ2) is 18.0. The monoisotopic (exact) mass is 544 g/mol. The van der Waals surface area contributed by atoms with Crippen molar-refractivity contribution < 1.29 is 26.6 Å². The third-order valence-corrected chi connectivity index (χ3v) is 16.8. The van der Waals surface area contributed by atoms with Crippen molar-refractivity contribution in [1.82, 2.24) is 10.6 Å². The fraction of sp³-hybridized carbons (Fsp3) is 1.00. The molecule has 0 fully saturated rings. The Labute approximate surface area is 211 Å². The highest BCUT2D eigenvalue weighted by molar-refractivity contribution is 7.99. The number of hydrogen-bond acceptors (Lipinski definition) is 9. The largest absolute Gasteiger partial charge is 0.398 e. The maximum Gasteiger partial charge on any atom is 0.334 e. The third kappa shape index (κ3) is 14.1. The smallest absolute Gasteiger partial charge is 0.334 e. The highest BCUT2D eigenvalue weighted by atomic mass is 32.2. The van der Waals surface area contributed by atoms with Crippen LogP contribution in [0.5, 0.6) is 0 Å². The van der Waals surface area contributed by atoms with Gasteiger partial charge in [-0.15, -0.1) is 0 Å². The molecule has 0 rings (SSSR count). The van der Waals surface area contributed by atoms with Gasteiger partial charge >= 0.3 is 25.7 Å². The summed E-state index contributed by atoms with van der Waals surface area (Å²) in [5, 5.41) is 7.90. The molecule has 0 aromatic rings. The second-order valence-electron chi connectivity index (χ2n) is 8.90. The first kappa shape index (κ1) is 33.7. The van der Waals surface area contributed by atoms with Gasteiger partial charge in [-0.05, 0) is 75.9 Å². The summed E-state index contributed by atoms with van der Waals surface area (Å²) in [5.74, 6) is 1.09. The summed E-state index contributed by atoms with van der Waals surface area (Å²) < 4.78 is 33.7. The van der Waals surface area contributed by atoms with Crippen LogP contribution in [0.2, 0.25) is 37.8 Å². The Morgan fingerprint density at radius 2 is 0.939 bits per heavy atom. The Bertz CT molecular complexity index is 461. The summed E-state index contributed by atoms with van der Waals surface area (Å²) in [6, 6.07) is 2.97. The molecule has 0 saturated carbocycles. The van der Waals surface area contributed by atoms with E-state index in [0.717, 1.165) is 56.2 Å². The van der Waals surface area contributed by atoms with Crippen molar-refractivity contribution in [3.63, 3.8) is 0 Å². The first-order valence-electron chi connectivity index (χ1n) is 12.0. The van der Waals surface area contributed by atoms with E-state index in [2.05, 4.69) is 37.2 Å². The van der Waals surface area contributed by atoms with Gasteiger partial charge < -0.3 is 37.2 Å². The summed E-state index contributed by atoms with van der Waals surface area (Å²) >= 11 is 2.00. The zero-order chi connectivity index (χ0) is 25.4. The van der Waals surface area contributed by atoms with Crippen molar-refractivity contribution in [1.29, 1.82) is 0 Å². The van der Waals surface area contributed by atoms with E-state index in [1.54, 1.807) is 42.7 Å². The van der Waals surface area contributed by atoms with E-state index in [-0.39, 0.29) is 6.17 Å². The van der Waals surface area contributed by atoms with Crippen molar-refractivity contribution >= 4 is 37.4 Å². The minimum atomic E-state index is -2.02. The molecule has 2 N–H and O–H groups in total. The van der Waals surface area contributed by atoms with Crippen LogP contribution in [0.15, 0.2) is 0 Å². The Morgan fingerprint density at radius 1 is 0.606 bits per heavy atom. The van der Waals surface area contributed by atoms with Gasteiger partial charge in [-0.1, -0.05) is 6.92 Å². The summed E-state index contributed by atoms with van der Waals surface area (Å²) in [5.41, 5.74) is 0. The summed E-state index contributed by atoms with van der Waals surface area (Å²) in [6.45, 7) is 10.5. The van der Waals surface area contributed by atoms with E-state index in [4.69, 9.17) is 26.6 Å². The Balaban J connectivity index is 4.67. The normalized spacial score (nSPS) is 14.3. The lowest BCUT2D eigenvalue weighted by molar-refractivity contribution is 0.247. The predicted octanol–water partition coefficient (Wildman–Crippen LogP) is 3.88. The number of nitrogens with one attached hydrogen (secondary N) is 2. The molecule has 0 spiro atoms. The lowest BCUT2D eigenvalue weighted by Gasteiger charge is -2.29. The van der Waals surface area contributed by atoms with Gasteiger partial charge in [0.2, 0.25) is 0 Å². The van der Waals surface area contributed by atoms with E-state index in [9.17, 15) is 0 Å². The molecule has 0 saturated heterocycles. The molecule has 0 aromatic heterocycles. The van der Waals surface area contributed by atoms with E-state index < -0.39 is 25.7 Å². The van der Waals surface area contributed by atoms with Crippen LogP contribution in [-0.4, -0.2) is 98.6 Å². The number of thioether (sulfide) groups is 1. The molecule has 1 atom stereocenters. The standard InChI is InChI=1S/C21H52N2O6SSi3/c1-20(30-16-13-19-33(10,28-6)29-7)21(22-14-11-17-31(8,24-2)25-3)23-15-12-18-32(9,26-4)27-5/h20-23H,11-19H2,1-10H3. The average molecular weight is 545 g/mol. The minimum Gasteiger partial charge on any atom is -0.398 e. The lowest BCUT2D eigenvalue weighted by atomic mass is 10.3. The van der Waals surface area contributed by atoms with Gasteiger partial charge in [0.25, 0.3) is 0 Å². The molecule has 200 valence electrons. The molecule has 0 aliphatic heterocycles. The van der Waals surface area contributed by atoms with Crippen molar-refractivity contribution in [3.8, 4) is 0 Å². The maximum absolute atomic E-state index is 5.62. The second-order valence-corrected chi connectivity index (χ2v) is 21.1. The lowest BCUT2D eigenvalue weighted by Crippen LogP contribution is -2.50. The van der Waals surface area contributed by atoms with Gasteiger partial charge in [-0.25, -0.2) is 0 Å². The first-order valence-corrected chi connectivity index (χ1v) is 20.6. The van der Waals surface area contributed by atoms with E-state index in [1.165, 1.54) is 0 Å². The van der Waals surface area contributed by atoms with Gasteiger partial charge in [-0.2, -0.15) is 11.8 Å². The molecule has 0 radical (unpaired) electrons. The molecule has 12 heteroatoms. The van der Waals surface area contributed by atoms with E-state index in [1.807, 2.05) is 11.8 Å². The molecule has 0 aliphatic rings. The number of hydrogen-bond donors (Lipinski definition) is 2. The van der Waals surface area contributed by atoms with Crippen LogP contribution in [0.4, 0.5) is 0 Å². The van der Waals surface area contributed by atoms with Crippen LogP contribution >= 0.6 is 11.8 Å². The van der Waals surface area contributed by atoms with Crippen LogP contribution in [-0.2, 0) is 26.6 Å².